The standard InChI is InChI=1S/C13H17N3O2/c1-8(17)9-2-3-10-11(6-9)16-5-4-14-7-12(16)15-13(10)18/h2-3,6,8,12,14,17H,4-5,7H2,1H3,(H,15,18). The predicted molar refractivity (Wildman–Crippen MR) is 68.5 cm³/mol. The molecule has 2 aliphatic heterocycles. The summed E-state index contributed by atoms with van der Waals surface area (Å²) in [7, 11) is 0. The van der Waals surface area contributed by atoms with Gasteiger partial charge in [-0.05, 0) is 24.6 Å². The van der Waals surface area contributed by atoms with E-state index in [9.17, 15) is 9.90 Å². The molecule has 2 unspecified atom stereocenters. The second-order valence-corrected chi connectivity index (χ2v) is 4.84. The van der Waals surface area contributed by atoms with Gasteiger partial charge in [-0.2, -0.15) is 0 Å². The molecule has 2 heterocycles. The third kappa shape index (κ3) is 1.76. The maximum absolute atomic E-state index is 12.0. The molecular weight excluding hydrogens is 230 g/mol. The number of piperazine rings is 1. The Morgan fingerprint density at radius 3 is 3.11 bits per heavy atom. The number of benzene rings is 1. The van der Waals surface area contributed by atoms with Crippen molar-refractivity contribution in [2.45, 2.75) is 19.2 Å². The smallest absolute Gasteiger partial charge is 0.255 e. The molecule has 1 aromatic carbocycles. The average Bonchev–Trinajstić information content (AvgIpc) is 2.38. The quantitative estimate of drug-likeness (QED) is 0.664. The van der Waals surface area contributed by atoms with Crippen LogP contribution in [0.2, 0.25) is 0 Å². The van der Waals surface area contributed by atoms with Crippen LogP contribution in [0, 0.1) is 0 Å². The van der Waals surface area contributed by atoms with Crippen LogP contribution in [0.3, 0.4) is 0 Å². The molecule has 0 aliphatic carbocycles. The Hall–Kier alpha value is -1.59. The predicted octanol–water partition coefficient (Wildman–Crippen LogP) is 0.219. The molecule has 0 saturated carbocycles. The molecule has 18 heavy (non-hydrogen) atoms. The van der Waals surface area contributed by atoms with Crippen LogP contribution in [-0.2, 0) is 0 Å². The van der Waals surface area contributed by atoms with Gasteiger partial charge in [0, 0.05) is 19.6 Å². The summed E-state index contributed by atoms with van der Waals surface area (Å²) >= 11 is 0. The van der Waals surface area contributed by atoms with Crippen molar-refractivity contribution in [3.05, 3.63) is 29.3 Å². The van der Waals surface area contributed by atoms with E-state index in [0.29, 0.717) is 5.56 Å². The lowest BCUT2D eigenvalue weighted by molar-refractivity contribution is 0.0922. The molecule has 2 atom stereocenters. The van der Waals surface area contributed by atoms with Crippen LogP contribution in [0.5, 0.6) is 0 Å². The lowest BCUT2D eigenvalue weighted by Gasteiger charge is -2.42. The number of hydrogen-bond acceptors (Lipinski definition) is 4. The number of aliphatic hydroxyl groups is 1. The number of nitrogens with zero attached hydrogens (tertiary/aromatic N) is 1. The average molecular weight is 247 g/mol. The van der Waals surface area contributed by atoms with Crippen molar-refractivity contribution in [1.82, 2.24) is 10.6 Å². The highest BCUT2D eigenvalue weighted by Gasteiger charge is 2.32. The summed E-state index contributed by atoms with van der Waals surface area (Å²) in [6.07, 6.45) is -0.496. The maximum Gasteiger partial charge on any atom is 0.255 e. The van der Waals surface area contributed by atoms with Crippen molar-refractivity contribution in [2.24, 2.45) is 0 Å². The number of anilines is 1. The molecule has 0 spiro atoms. The third-order valence-electron chi connectivity index (χ3n) is 3.60. The molecule has 3 rings (SSSR count). The van der Waals surface area contributed by atoms with E-state index in [1.165, 1.54) is 0 Å². The fraction of sp³-hybridized carbons (Fsp3) is 0.462. The number of aliphatic hydroxyl groups excluding tert-OH is 1. The Morgan fingerprint density at radius 1 is 1.50 bits per heavy atom. The van der Waals surface area contributed by atoms with Gasteiger partial charge in [0.05, 0.1) is 17.4 Å². The monoisotopic (exact) mass is 247 g/mol. The van der Waals surface area contributed by atoms with Gasteiger partial charge < -0.3 is 20.6 Å². The largest absolute Gasteiger partial charge is 0.389 e. The van der Waals surface area contributed by atoms with Crippen molar-refractivity contribution in [1.29, 1.82) is 0 Å². The first-order valence-corrected chi connectivity index (χ1v) is 6.27. The minimum absolute atomic E-state index is 0.0167. The number of hydrogen-bond donors (Lipinski definition) is 3. The van der Waals surface area contributed by atoms with Gasteiger partial charge >= 0.3 is 0 Å². The minimum Gasteiger partial charge on any atom is -0.389 e. The number of nitrogens with one attached hydrogen (secondary N) is 2. The molecule has 1 fully saturated rings. The Balaban J connectivity index is 2.06. The van der Waals surface area contributed by atoms with E-state index in [-0.39, 0.29) is 12.1 Å². The van der Waals surface area contributed by atoms with Crippen LogP contribution in [-0.4, -0.2) is 36.8 Å². The van der Waals surface area contributed by atoms with Crippen LogP contribution in [0.25, 0.3) is 0 Å². The maximum atomic E-state index is 12.0. The molecule has 1 saturated heterocycles. The zero-order valence-corrected chi connectivity index (χ0v) is 10.3. The normalized spacial score (nSPS) is 24.0. The van der Waals surface area contributed by atoms with Gasteiger partial charge in [-0.3, -0.25) is 4.79 Å². The number of amides is 1. The highest BCUT2D eigenvalue weighted by Crippen LogP contribution is 2.29. The first-order valence-electron chi connectivity index (χ1n) is 6.27. The molecule has 0 bridgehead atoms. The molecule has 1 aromatic rings. The summed E-state index contributed by atoms with van der Waals surface area (Å²) in [5, 5.41) is 15.9. The third-order valence-corrected chi connectivity index (χ3v) is 3.60. The Kier molecular flexibility index (Phi) is 2.72. The van der Waals surface area contributed by atoms with Gasteiger partial charge in [0.15, 0.2) is 0 Å². The molecule has 2 aliphatic rings. The fourth-order valence-electron chi connectivity index (χ4n) is 2.59. The summed E-state index contributed by atoms with van der Waals surface area (Å²) in [5.41, 5.74) is 2.47. The van der Waals surface area contributed by atoms with Crippen LogP contribution in [0.15, 0.2) is 18.2 Å². The van der Waals surface area contributed by atoms with Crippen LogP contribution in [0.4, 0.5) is 5.69 Å². The Bertz CT molecular complexity index is 487. The van der Waals surface area contributed by atoms with Crippen LogP contribution < -0.4 is 15.5 Å². The topological polar surface area (TPSA) is 64.6 Å². The molecule has 96 valence electrons. The van der Waals surface area contributed by atoms with Gasteiger partial charge in [-0.15, -0.1) is 0 Å². The van der Waals surface area contributed by atoms with E-state index < -0.39 is 6.10 Å². The van der Waals surface area contributed by atoms with Gasteiger partial charge in [-0.1, -0.05) is 6.07 Å². The lowest BCUT2D eigenvalue weighted by Crippen LogP contribution is -2.62. The van der Waals surface area contributed by atoms with Crippen molar-refractivity contribution >= 4 is 11.6 Å². The number of carbonyl (C=O) groups excluding carboxylic acids is 1. The van der Waals surface area contributed by atoms with Crippen molar-refractivity contribution in [2.75, 3.05) is 24.5 Å². The number of carbonyl (C=O) groups is 1. The molecular formula is C13H17N3O2. The summed E-state index contributed by atoms with van der Waals surface area (Å²) in [4.78, 5) is 14.2. The van der Waals surface area contributed by atoms with E-state index in [4.69, 9.17) is 0 Å². The SMILES string of the molecule is CC(O)c1ccc2c(c1)N1CCNCC1NC2=O. The van der Waals surface area contributed by atoms with E-state index in [2.05, 4.69) is 15.5 Å². The molecule has 0 radical (unpaired) electrons. The number of fused-ring (bicyclic) bond motifs is 3. The molecule has 1 amide bonds. The Morgan fingerprint density at radius 2 is 2.33 bits per heavy atom. The summed E-state index contributed by atoms with van der Waals surface area (Å²) in [5.74, 6) is -0.0351. The highest BCUT2D eigenvalue weighted by molar-refractivity contribution is 6.02. The summed E-state index contributed by atoms with van der Waals surface area (Å²) in [6.45, 7) is 4.26. The van der Waals surface area contributed by atoms with Gasteiger partial charge in [0.25, 0.3) is 5.91 Å². The number of rotatable bonds is 1. The second kappa shape index (κ2) is 4.26. The van der Waals surface area contributed by atoms with E-state index in [1.807, 2.05) is 12.1 Å². The van der Waals surface area contributed by atoms with Gasteiger partial charge in [-0.25, -0.2) is 0 Å². The lowest BCUT2D eigenvalue weighted by atomic mass is 10.0. The van der Waals surface area contributed by atoms with Gasteiger partial charge in [0.1, 0.15) is 6.17 Å². The van der Waals surface area contributed by atoms with Crippen LogP contribution in [0.1, 0.15) is 28.9 Å². The van der Waals surface area contributed by atoms with E-state index in [1.54, 1.807) is 13.0 Å². The van der Waals surface area contributed by atoms with Crippen molar-refractivity contribution in [3.8, 4) is 0 Å². The van der Waals surface area contributed by atoms with Crippen molar-refractivity contribution in [3.63, 3.8) is 0 Å². The van der Waals surface area contributed by atoms with E-state index >= 15 is 0 Å². The fourth-order valence-corrected chi connectivity index (χ4v) is 2.59. The minimum atomic E-state index is -0.512. The molecule has 5 nitrogen and oxygen atoms in total. The second-order valence-electron chi connectivity index (χ2n) is 4.84. The first-order chi connectivity index (χ1) is 8.66. The summed E-state index contributed by atoms with van der Waals surface area (Å²) < 4.78 is 0. The highest BCUT2D eigenvalue weighted by atomic mass is 16.3. The molecule has 0 aromatic heterocycles. The summed E-state index contributed by atoms with van der Waals surface area (Å²) in [6, 6.07) is 5.54. The zero-order valence-electron chi connectivity index (χ0n) is 10.3. The van der Waals surface area contributed by atoms with Crippen LogP contribution >= 0.6 is 0 Å². The first kappa shape index (κ1) is 11.5. The molecule has 3 N–H and O–H groups in total. The van der Waals surface area contributed by atoms with Gasteiger partial charge in [0.2, 0.25) is 0 Å². The Labute approximate surface area is 106 Å². The van der Waals surface area contributed by atoms with Crippen molar-refractivity contribution < 1.29 is 9.90 Å². The molecule has 5 heteroatoms. The zero-order chi connectivity index (χ0) is 12.7. The van der Waals surface area contributed by atoms with E-state index in [0.717, 1.165) is 30.9 Å².